The highest BCUT2D eigenvalue weighted by Gasteiger charge is 2.26. The third-order valence-corrected chi connectivity index (χ3v) is 3.54. The molecule has 1 aliphatic heterocycles. The van der Waals surface area contributed by atoms with Gasteiger partial charge in [-0.15, -0.1) is 0 Å². The predicted octanol–water partition coefficient (Wildman–Crippen LogP) is 1.51. The van der Waals surface area contributed by atoms with E-state index in [2.05, 4.69) is 40.7 Å². The van der Waals surface area contributed by atoms with Crippen molar-refractivity contribution < 1.29 is 4.79 Å². The summed E-state index contributed by atoms with van der Waals surface area (Å²) < 4.78 is 0. The molecule has 1 aromatic rings. The fourth-order valence-electron chi connectivity index (χ4n) is 2.45. The first kappa shape index (κ1) is 13.9. The maximum absolute atomic E-state index is 11.8. The Morgan fingerprint density at radius 1 is 1.42 bits per heavy atom. The lowest BCUT2D eigenvalue weighted by Crippen LogP contribution is -2.54. The molecule has 1 unspecified atom stereocenters. The van der Waals surface area contributed by atoms with Crippen molar-refractivity contribution in [2.24, 2.45) is 0 Å². The molecule has 104 valence electrons. The number of nitrogens with one attached hydrogen (secondary N) is 2. The van der Waals surface area contributed by atoms with Gasteiger partial charge in [0.15, 0.2) is 0 Å². The Morgan fingerprint density at radius 3 is 3.00 bits per heavy atom. The molecular weight excluding hydrogens is 238 g/mol. The summed E-state index contributed by atoms with van der Waals surface area (Å²) in [5.41, 5.74) is 2.44. The Labute approximate surface area is 115 Å². The van der Waals surface area contributed by atoms with Crippen LogP contribution in [-0.4, -0.2) is 31.6 Å². The zero-order valence-electron chi connectivity index (χ0n) is 11.8. The Bertz CT molecular complexity index is 433. The van der Waals surface area contributed by atoms with Crippen LogP contribution in [0, 0.1) is 0 Å². The van der Waals surface area contributed by atoms with Crippen LogP contribution in [0.5, 0.6) is 0 Å². The second-order valence-corrected chi connectivity index (χ2v) is 4.97. The molecule has 19 heavy (non-hydrogen) atoms. The molecule has 0 bridgehead atoms. The van der Waals surface area contributed by atoms with E-state index in [4.69, 9.17) is 0 Å². The summed E-state index contributed by atoms with van der Waals surface area (Å²) >= 11 is 0. The van der Waals surface area contributed by atoms with E-state index < -0.39 is 0 Å². The minimum absolute atomic E-state index is 0.0962. The number of hydrogen-bond donors (Lipinski definition) is 2. The van der Waals surface area contributed by atoms with Crippen LogP contribution in [-0.2, 0) is 11.3 Å². The van der Waals surface area contributed by atoms with Crippen LogP contribution in [0.25, 0.3) is 0 Å². The monoisotopic (exact) mass is 261 g/mol. The zero-order valence-corrected chi connectivity index (χ0v) is 11.8. The second kappa shape index (κ2) is 6.57. The largest absolute Gasteiger partial charge is 0.358 e. The fraction of sp³-hybridized carbons (Fsp3) is 0.533. The Morgan fingerprint density at radius 2 is 2.21 bits per heavy atom. The highest BCUT2D eigenvalue weighted by Crippen LogP contribution is 2.23. The number of hydrogen-bond acceptors (Lipinski definition) is 3. The summed E-state index contributed by atoms with van der Waals surface area (Å²) in [5, 5.41) is 6.34. The first-order valence-electron chi connectivity index (χ1n) is 7.07. The number of benzene rings is 1. The molecule has 0 spiro atoms. The van der Waals surface area contributed by atoms with Crippen LogP contribution in [0.1, 0.15) is 25.8 Å². The molecule has 1 amide bonds. The van der Waals surface area contributed by atoms with Crippen LogP contribution in [0.15, 0.2) is 24.3 Å². The molecule has 2 N–H and O–H groups in total. The highest BCUT2D eigenvalue weighted by atomic mass is 16.2. The lowest BCUT2D eigenvalue weighted by molar-refractivity contribution is -0.122. The van der Waals surface area contributed by atoms with Crippen molar-refractivity contribution in [1.82, 2.24) is 10.6 Å². The minimum Gasteiger partial charge on any atom is -0.358 e. The quantitative estimate of drug-likeness (QED) is 0.790. The fourth-order valence-corrected chi connectivity index (χ4v) is 2.45. The summed E-state index contributed by atoms with van der Waals surface area (Å²) in [6, 6.07) is 8.25. The minimum atomic E-state index is -0.0962. The Balaban J connectivity index is 2.16. The molecule has 4 nitrogen and oxygen atoms in total. The van der Waals surface area contributed by atoms with E-state index in [1.54, 1.807) is 0 Å². The number of nitrogens with zero attached hydrogens (tertiary/aromatic N) is 1. The third kappa shape index (κ3) is 3.26. The van der Waals surface area contributed by atoms with Crippen LogP contribution >= 0.6 is 0 Å². The second-order valence-electron chi connectivity index (χ2n) is 4.97. The number of carbonyl (C=O) groups excluding carboxylic acids is 1. The first-order chi connectivity index (χ1) is 9.24. The number of piperazine rings is 1. The molecule has 2 rings (SSSR count). The van der Waals surface area contributed by atoms with Crippen LogP contribution < -0.4 is 15.5 Å². The average molecular weight is 261 g/mol. The molecule has 0 aromatic heterocycles. The molecule has 1 aromatic carbocycles. The van der Waals surface area contributed by atoms with Crippen LogP contribution in [0.3, 0.4) is 0 Å². The van der Waals surface area contributed by atoms with Crippen molar-refractivity contribution in [2.45, 2.75) is 32.9 Å². The topological polar surface area (TPSA) is 44.4 Å². The molecule has 1 aliphatic rings. The zero-order chi connectivity index (χ0) is 13.7. The molecule has 1 saturated heterocycles. The summed E-state index contributed by atoms with van der Waals surface area (Å²) in [5.74, 6) is 0.113. The van der Waals surface area contributed by atoms with Gasteiger partial charge in [-0.25, -0.2) is 0 Å². The van der Waals surface area contributed by atoms with Gasteiger partial charge in [0.05, 0.1) is 0 Å². The van der Waals surface area contributed by atoms with Gasteiger partial charge in [0, 0.05) is 25.3 Å². The van der Waals surface area contributed by atoms with Crippen LogP contribution in [0.2, 0.25) is 0 Å². The number of anilines is 1. The number of amides is 1. The standard InChI is InChI=1S/C15H23N3O/c1-3-8-16-11-13-6-4-5-7-14(13)18-10-9-17-15(19)12(18)2/h4-7,12,16H,3,8-11H2,1-2H3,(H,17,19). The van der Waals surface area contributed by atoms with Gasteiger partial charge in [0.2, 0.25) is 5.91 Å². The Hall–Kier alpha value is -1.55. The molecule has 1 heterocycles. The van der Waals surface area contributed by atoms with Crippen molar-refractivity contribution in [1.29, 1.82) is 0 Å². The van der Waals surface area contributed by atoms with E-state index in [-0.39, 0.29) is 11.9 Å². The molecular formula is C15H23N3O. The van der Waals surface area contributed by atoms with Crippen molar-refractivity contribution >= 4 is 11.6 Å². The summed E-state index contributed by atoms with van der Waals surface area (Å²) in [6.07, 6.45) is 1.13. The summed E-state index contributed by atoms with van der Waals surface area (Å²) in [7, 11) is 0. The molecule has 4 heteroatoms. The summed E-state index contributed by atoms with van der Waals surface area (Å²) in [4.78, 5) is 14.0. The van der Waals surface area contributed by atoms with Crippen molar-refractivity contribution in [3.05, 3.63) is 29.8 Å². The van der Waals surface area contributed by atoms with Crippen molar-refractivity contribution in [3.63, 3.8) is 0 Å². The smallest absolute Gasteiger partial charge is 0.242 e. The Kier molecular flexibility index (Phi) is 4.80. The molecule has 1 atom stereocenters. The van der Waals surface area contributed by atoms with Gasteiger partial charge in [-0.3, -0.25) is 4.79 Å². The van der Waals surface area contributed by atoms with Crippen molar-refractivity contribution in [3.8, 4) is 0 Å². The number of para-hydroxylation sites is 1. The normalized spacial score (nSPS) is 19.4. The molecule has 0 aliphatic carbocycles. The van der Waals surface area contributed by atoms with Gasteiger partial charge in [0.1, 0.15) is 6.04 Å². The van der Waals surface area contributed by atoms with E-state index >= 15 is 0 Å². The highest BCUT2D eigenvalue weighted by molar-refractivity contribution is 5.86. The molecule has 0 radical (unpaired) electrons. The van der Waals surface area contributed by atoms with Gasteiger partial charge in [-0.05, 0) is 31.5 Å². The molecule has 0 saturated carbocycles. The SMILES string of the molecule is CCCNCc1ccccc1N1CCNC(=O)C1C. The number of carbonyl (C=O) groups is 1. The van der Waals surface area contributed by atoms with Gasteiger partial charge in [-0.1, -0.05) is 25.1 Å². The first-order valence-corrected chi connectivity index (χ1v) is 7.07. The van der Waals surface area contributed by atoms with E-state index in [1.165, 1.54) is 11.3 Å². The van der Waals surface area contributed by atoms with Gasteiger partial charge < -0.3 is 15.5 Å². The van der Waals surface area contributed by atoms with E-state index in [1.807, 2.05) is 13.0 Å². The maximum Gasteiger partial charge on any atom is 0.242 e. The van der Waals surface area contributed by atoms with E-state index in [0.29, 0.717) is 0 Å². The predicted molar refractivity (Wildman–Crippen MR) is 78.3 cm³/mol. The van der Waals surface area contributed by atoms with Crippen LogP contribution in [0.4, 0.5) is 5.69 Å². The number of rotatable bonds is 5. The van der Waals surface area contributed by atoms with E-state index in [9.17, 15) is 4.79 Å². The lowest BCUT2D eigenvalue weighted by atomic mass is 10.1. The van der Waals surface area contributed by atoms with Gasteiger partial charge >= 0.3 is 0 Å². The maximum atomic E-state index is 11.8. The molecule has 1 fully saturated rings. The lowest BCUT2D eigenvalue weighted by Gasteiger charge is -2.36. The average Bonchev–Trinajstić information content (AvgIpc) is 2.43. The third-order valence-electron chi connectivity index (χ3n) is 3.54. The van der Waals surface area contributed by atoms with Gasteiger partial charge in [0.25, 0.3) is 0 Å². The van der Waals surface area contributed by atoms with Gasteiger partial charge in [-0.2, -0.15) is 0 Å². The summed E-state index contributed by atoms with van der Waals surface area (Å²) in [6.45, 7) is 7.59. The van der Waals surface area contributed by atoms with E-state index in [0.717, 1.165) is 32.6 Å². The van der Waals surface area contributed by atoms with Crippen molar-refractivity contribution in [2.75, 3.05) is 24.5 Å².